The number of hydrogen-bond acceptors (Lipinski definition) is 7. The molecule has 1 aromatic carbocycles. The highest BCUT2D eigenvalue weighted by molar-refractivity contribution is 5.77. The van der Waals surface area contributed by atoms with Gasteiger partial charge in [-0.05, 0) is 48.5 Å². The highest BCUT2D eigenvalue weighted by atomic mass is 16.5. The lowest BCUT2D eigenvalue weighted by Gasteiger charge is -2.33. The molecule has 8 nitrogen and oxygen atoms in total. The van der Waals surface area contributed by atoms with Crippen molar-refractivity contribution in [3.8, 4) is 5.75 Å². The minimum Gasteiger partial charge on any atom is -0.497 e. The van der Waals surface area contributed by atoms with Crippen LogP contribution in [0.5, 0.6) is 5.75 Å². The second-order valence-corrected chi connectivity index (χ2v) is 7.88. The maximum absolute atomic E-state index is 12.9. The Morgan fingerprint density at radius 3 is 2.73 bits per heavy atom. The van der Waals surface area contributed by atoms with Crippen LogP contribution in [0, 0.1) is 0 Å². The fraction of sp³-hybridized carbons (Fsp3) is 0.320. The van der Waals surface area contributed by atoms with Crippen molar-refractivity contribution in [2.45, 2.75) is 12.5 Å². The van der Waals surface area contributed by atoms with Crippen LogP contribution in [0.1, 0.15) is 18.2 Å². The van der Waals surface area contributed by atoms with E-state index in [0.29, 0.717) is 32.7 Å². The molecule has 0 bridgehead atoms. The van der Waals surface area contributed by atoms with Crippen LogP contribution in [-0.2, 0) is 9.53 Å². The number of rotatable bonds is 8. The van der Waals surface area contributed by atoms with Gasteiger partial charge < -0.3 is 24.6 Å². The third-order valence-corrected chi connectivity index (χ3v) is 5.65. The summed E-state index contributed by atoms with van der Waals surface area (Å²) >= 11 is 0. The van der Waals surface area contributed by atoms with Crippen molar-refractivity contribution in [2.75, 3.05) is 50.6 Å². The van der Waals surface area contributed by atoms with E-state index in [4.69, 9.17) is 9.47 Å². The first kappa shape index (κ1) is 22.5. The van der Waals surface area contributed by atoms with Crippen molar-refractivity contribution >= 4 is 23.1 Å². The van der Waals surface area contributed by atoms with E-state index in [9.17, 15) is 4.79 Å². The summed E-state index contributed by atoms with van der Waals surface area (Å²) < 4.78 is 11.1. The summed E-state index contributed by atoms with van der Waals surface area (Å²) in [5.41, 5.74) is 2.71. The standard InChI is InChI=1S/C25H29N5O3/c1-29(20-7-9-21(32-2)10-8-20)14-12-25(31)30-15-16-33-23(18-30)22-11-6-19(17-27-22)28-24-5-3-4-13-26-24/h3-11,13,17,23H,12,14-16,18H2,1-2H3,(H,26,28). The van der Waals surface area contributed by atoms with Gasteiger partial charge in [-0.25, -0.2) is 4.98 Å². The maximum Gasteiger partial charge on any atom is 0.224 e. The normalized spacial score (nSPS) is 15.7. The molecule has 8 heteroatoms. The molecular weight excluding hydrogens is 418 g/mol. The van der Waals surface area contributed by atoms with Crippen LogP contribution in [0.3, 0.4) is 0 Å². The Labute approximate surface area is 194 Å². The van der Waals surface area contributed by atoms with Crippen LogP contribution in [0.15, 0.2) is 67.0 Å². The van der Waals surface area contributed by atoms with Gasteiger partial charge in [0.15, 0.2) is 0 Å². The van der Waals surface area contributed by atoms with Crippen molar-refractivity contribution < 1.29 is 14.3 Å². The summed E-state index contributed by atoms with van der Waals surface area (Å²) in [7, 11) is 3.64. The molecule has 1 aliphatic heterocycles. The van der Waals surface area contributed by atoms with Crippen LogP contribution in [0.2, 0.25) is 0 Å². The van der Waals surface area contributed by atoms with Gasteiger partial charge in [-0.1, -0.05) is 6.07 Å². The predicted molar refractivity (Wildman–Crippen MR) is 128 cm³/mol. The van der Waals surface area contributed by atoms with Crippen LogP contribution in [0.4, 0.5) is 17.2 Å². The Bertz CT molecular complexity index is 1030. The smallest absolute Gasteiger partial charge is 0.224 e. The van der Waals surface area contributed by atoms with Crippen LogP contribution >= 0.6 is 0 Å². The SMILES string of the molecule is COc1ccc(N(C)CCC(=O)N2CCOC(c3ccc(Nc4ccccn4)cn3)C2)cc1. The first-order valence-corrected chi connectivity index (χ1v) is 11.0. The van der Waals surface area contributed by atoms with Gasteiger partial charge in [-0.2, -0.15) is 0 Å². The van der Waals surface area contributed by atoms with Gasteiger partial charge in [0.1, 0.15) is 17.7 Å². The monoisotopic (exact) mass is 447 g/mol. The Morgan fingerprint density at radius 1 is 1.18 bits per heavy atom. The first-order chi connectivity index (χ1) is 16.1. The highest BCUT2D eigenvalue weighted by Crippen LogP contribution is 2.23. The van der Waals surface area contributed by atoms with E-state index in [-0.39, 0.29) is 12.0 Å². The van der Waals surface area contributed by atoms with Gasteiger partial charge in [0.05, 0.1) is 37.8 Å². The average Bonchev–Trinajstić information content (AvgIpc) is 2.88. The number of amides is 1. The molecule has 33 heavy (non-hydrogen) atoms. The molecule has 0 saturated carbocycles. The molecule has 0 spiro atoms. The highest BCUT2D eigenvalue weighted by Gasteiger charge is 2.26. The summed E-state index contributed by atoms with van der Waals surface area (Å²) in [6.07, 6.45) is 3.71. The summed E-state index contributed by atoms with van der Waals surface area (Å²) in [6, 6.07) is 17.4. The number of methoxy groups -OCH3 is 1. The van der Waals surface area contributed by atoms with E-state index in [1.807, 2.05) is 66.5 Å². The molecule has 3 aromatic rings. The van der Waals surface area contributed by atoms with Crippen LogP contribution in [0.25, 0.3) is 0 Å². The molecular formula is C25H29N5O3. The number of ether oxygens (including phenoxy) is 2. The lowest BCUT2D eigenvalue weighted by atomic mass is 10.1. The number of nitrogens with zero attached hydrogens (tertiary/aromatic N) is 4. The Morgan fingerprint density at radius 2 is 2.03 bits per heavy atom. The number of morpholine rings is 1. The molecule has 1 fully saturated rings. The van der Waals surface area contributed by atoms with Gasteiger partial charge in [-0.15, -0.1) is 0 Å². The van der Waals surface area contributed by atoms with E-state index in [0.717, 1.165) is 28.6 Å². The first-order valence-electron chi connectivity index (χ1n) is 11.0. The fourth-order valence-electron chi connectivity index (χ4n) is 3.70. The lowest BCUT2D eigenvalue weighted by Crippen LogP contribution is -2.43. The molecule has 172 valence electrons. The predicted octanol–water partition coefficient (Wildman–Crippen LogP) is 3.66. The third-order valence-electron chi connectivity index (χ3n) is 5.65. The number of nitrogens with one attached hydrogen (secondary N) is 1. The summed E-state index contributed by atoms with van der Waals surface area (Å²) in [5, 5.41) is 3.22. The van der Waals surface area contributed by atoms with Crippen molar-refractivity contribution in [1.29, 1.82) is 0 Å². The topological polar surface area (TPSA) is 79.8 Å². The number of carbonyl (C=O) groups is 1. The molecule has 1 amide bonds. The zero-order chi connectivity index (χ0) is 23.0. The van der Waals surface area contributed by atoms with Gasteiger partial charge in [-0.3, -0.25) is 9.78 Å². The van der Waals surface area contributed by atoms with Crippen molar-refractivity contribution in [2.24, 2.45) is 0 Å². The van der Waals surface area contributed by atoms with Crippen molar-refractivity contribution in [1.82, 2.24) is 14.9 Å². The lowest BCUT2D eigenvalue weighted by molar-refractivity contribution is -0.138. The molecule has 0 aliphatic carbocycles. The molecule has 1 aliphatic rings. The average molecular weight is 448 g/mol. The quantitative estimate of drug-likeness (QED) is 0.565. The molecule has 1 N–H and O–H groups in total. The number of carbonyl (C=O) groups excluding carboxylic acids is 1. The van der Waals surface area contributed by atoms with E-state index in [1.54, 1.807) is 19.5 Å². The molecule has 4 rings (SSSR count). The molecule has 1 unspecified atom stereocenters. The van der Waals surface area contributed by atoms with Gasteiger partial charge in [0.2, 0.25) is 5.91 Å². The van der Waals surface area contributed by atoms with E-state index < -0.39 is 0 Å². The Hall–Kier alpha value is -3.65. The summed E-state index contributed by atoms with van der Waals surface area (Å²) in [4.78, 5) is 25.6. The number of aromatic nitrogens is 2. The Balaban J connectivity index is 1.29. The molecule has 0 radical (unpaired) electrons. The second-order valence-electron chi connectivity index (χ2n) is 7.88. The zero-order valence-electron chi connectivity index (χ0n) is 19.0. The fourth-order valence-corrected chi connectivity index (χ4v) is 3.70. The molecule has 2 aromatic heterocycles. The van der Waals surface area contributed by atoms with E-state index in [1.165, 1.54) is 0 Å². The van der Waals surface area contributed by atoms with Crippen molar-refractivity contribution in [3.05, 3.63) is 72.7 Å². The minimum absolute atomic E-state index is 0.122. The van der Waals surface area contributed by atoms with Crippen LogP contribution in [-0.4, -0.2) is 61.2 Å². The number of anilines is 3. The van der Waals surface area contributed by atoms with Gasteiger partial charge >= 0.3 is 0 Å². The molecule has 1 atom stereocenters. The minimum atomic E-state index is -0.231. The Kier molecular flexibility index (Phi) is 7.36. The van der Waals surface area contributed by atoms with E-state index in [2.05, 4.69) is 20.2 Å². The third kappa shape index (κ3) is 5.98. The second kappa shape index (κ2) is 10.8. The molecule has 1 saturated heterocycles. The zero-order valence-corrected chi connectivity index (χ0v) is 19.0. The van der Waals surface area contributed by atoms with Gasteiger partial charge in [0, 0.05) is 38.4 Å². The number of pyridine rings is 2. The van der Waals surface area contributed by atoms with Gasteiger partial charge in [0.25, 0.3) is 0 Å². The molecule has 3 heterocycles. The number of hydrogen-bond donors (Lipinski definition) is 1. The van der Waals surface area contributed by atoms with Crippen molar-refractivity contribution in [3.63, 3.8) is 0 Å². The summed E-state index contributed by atoms with van der Waals surface area (Å²) in [6.45, 7) is 2.24. The summed E-state index contributed by atoms with van der Waals surface area (Å²) in [5.74, 6) is 1.70. The van der Waals surface area contributed by atoms with Crippen LogP contribution < -0.4 is 15.0 Å². The van der Waals surface area contributed by atoms with E-state index >= 15 is 0 Å². The maximum atomic E-state index is 12.9. The largest absolute Gasteiger partial charge is 0.497 e. The number of benzene rings is 1.